The molecule has 1 aromatic rings. The molecule has 1 aliphatic heterocycles. The standard InChI is InChI=1S/C18H29N3O4S/c1-6-13(4)8-7-9-23-17(22)20-15-10-19-18(26-15)25-16-11-21(12(2)3)14(5)24-16/h10,12-13,16H,5-9,11H2,1-4H3,(H,20,22). The van der Waals surface area contributed by atoms with E-state index in [1.54, 1.807) is 6.20 Å². The number of hydrogen-bond acceptors (Lipinski definition) is 7. The summed E-state index contributed by atoms with van der Waals surface area (Å²) in [5, 5.41) is 3.68. The zero-order valence-electron chi connectivity index (χ0n) is 16.0. The number of aromatic nitrogens is 1. The summed E-state index contributed by atoms with van der Waals surface area (Å²) in [7, 11) is 0. The third-order valence-corrected chi connectivity index (χ3v) is 5.07. The molecule has 1 amide bonds. The zero-order chi connectivity index (χ0) is 19.1. The highest BCUT2D eigenvalue weighted by Crippen LogP contribution is 2.29. The number of ether oxygens (including phenoxy) is 3. The summed E-state index contributed by atoms with van der Waals surface area (Å²) in [4.78, 5) is 18.0. The van der Waals surface area contributed by atoms with E-state index in [2.05, 4.69) is 44.6 Å². The van der Waals surface area contributed by atoms with Gasteiger partial charge in [-0.3, -0.25) is 5.32 Å². The number of nitrogens with zero attached hydrogens (tertiary/aromatic N) is 2. The fraction of sp³-hybridized carbons (Fsp3) is 0.667. The molecule has 2 atom stereocenters. The molecule has 2 rings (SSSR count). The minimum atomic E-state index is -0.471. The lowest BCUT2D eigenvalue weighted by Gasteiger charge is -2.19. The second-order valence-corrected chi connectivity index (χ2v) is 7.71. The number of rotatable bonds is 9. The van der Waals surface area contributed by atoms with Crippen molar-refractivity contribution in [3.05, 3.63) is 18.7 Å². The molecule has 8 heteroatoms. The third-order valence-electron chi connectivity index (χ3n) is 4.27. The van der Waals surface area contributed by atoms with Crippen LogP contribution < -0.4 is 10.1 Å². The second kappa shape index (κ2) is 9.66. The van der Waals surface area contributed by atoms with E-state index in [0.717, 1.165) is 19.3 Å². The Hall–Kier alpha value is -1.96. The van der Waals surface area contributed by atoms with E-state index in [4.69, 9.17) is 14.2 Å². The molecule has 0 saturated carbocycles. The molecule has 0 spiro atoms. The number of anilines is 1. The number of carbonyl (C=O) groups excluding carboxylic acids is 1. The van der Waals surface area contributed by atoms with Gasteiger partial charge in [0.25, 0.3) is 11.5 Å². The lowest BCUT2D eigenvalue weighted by molar-refractivity contribution is -0.00477. The average molecular weight is 384 g/mol. The molecule has 1 aromatic heterocycles. The van der Waals surface area contributed by atoms with E-state index < -0.39 is 12.4 Å². The van der Waals surface area contributed by atoms with Gasteiger partial charge in [0.1, 0.15) is 5.00 Å². The first kappa shape index (κ1) is 20.4. The van der Waals surface area contributed by atoms with Crippen LogP contribution in [0.25, 0.3) is 0 Å². The summed E-state index contributed by atoms with van der Waals surface area (Å²) in [6.07, 6.45) is 3.70. The highest BCUT2D eigenvalue weighted by molar-refractivity contribution is 7.17. The molecule has 2 unspecified atom stereocenters. The molecule has 1 fully saturated rings. The predicted molar refractivity (Wildman–Crippen MR) is 102 cm³/mol. The molecule has 0 radical (unpaired) electrons. The maximum Gasteiger partial charge on any atom is 0.412 e. The Morgan fingerprint density at radius 3 is 2.96 bits per heavy atom. The minimum absolute atomic E-state index is 0.291. The lowest BCUT2D eigenvalue weighted by Crippen LogP contribution is -2.29. The smallest absolute Gasteiger partial charge is 0.412 e. The fourth-order valence-corrected chi connectivity index (χ4v) is 3.19. The number of amides is 1. The zero-order valence-corrected chi connectivity index (χ0v) is 16.8. The van der Waals surface area contributed by atoms with Crippen LogP contribution in [0.4, 0.5) is 9.80 Å². The topological polar surface area (TPSA) is 72.9 Å². The predicted octanol–water partition coefficient (Wildman–Crippen LogP) is 4.43. The fourth-order valence-electron chi connectivity index (χ4n) is 2.50. The van der Waals surface area contributed by atoms with Crippen molar-refractivity contribution in [3.63, 3.8) is 0 Å². The van der Waals surface area contributed by atoms with Gasteiger partial charge in [-0.05, 0) is 39.2 Å². The highest BCUT2D eigenvalue weighted by atomic mass is 32.1. The van der Waals surface area contributed by atoms with Gasteiger partial charge in [0.15, 0.2) is 5.88 Å². The quantitative estimate of drug-likeness (QED) is 0.636. The molecule has 2 heterocycles. The summed E-state index contributed by atoms with van der Waals surface area (Å²) >= 11 is 1.23. The highest BCUT2D eigenvalue weighted by Gasteiger charge is 2.30. The summed E-state index contributed by atoms with van der Waals surface area (Å²) in [6, 6.07) is 0.291. The summed E-state index contributed by atoms with van der Waals surface area (Å²) in [5.41, 5.74) is 0. The lowest BCUT2D eigenvalue weighted by atomic mass is 10.0. The minimum Gasteiger partial charge on any atom is -0.449 e. The Morgan fingerprint density at radius 1 is 1.54 bits per heavy atom. The molecular weight excluding hydrogens is 354 g/mol. The van der Waals surface area contributed by atoms with Crippen LogP contribution in [0, 0.1) is 5.92 Å². The van der Waals surface area contributed by atoms with Crippen molar-refractivity contribution < 1.29 is 19.0 Å². The Morgan fingerprint density at radius 2 is 2.31 bits per heavy atom. The van der Waals surface area contributed by atoms with E-state index in [0.29, 0.717) is 41.2 Å². The van der Waals surface area contributed by atoms with Crippen molar-refractivity contribution in [2.45, 2.75) is 59.3 Å². The Kier molecular flexibility index (Phi) is 7.56. The Labute approximate surface area is 159 Å². The summed E-state index contributed by atoms with van der Waals surface area (Å²) in [5.74, 6) is 1.25. The van der Waals surface area contributed by atoms with Gasteiger partial charge in [0, 0.05) is 6.04 Å². The maximum absolute atomic E-state index is 11.8. The van der Waals surface area contributed by atoms with E-state index >= 15 is 0 Å². The number of carbonyl (C=O) groups is 1. The third kappa shape index (κ3) is 6.09. The first-order chi connectivity index (χ1) is 12.4. The van der Waals surface area contributed by atoms with Crippen LogP contribution >= 0.6 is 11.3 Å². The largest absolute Gasteiger partial charge is 0.449 e. The van der Waals surface area contributed by atoms with Crippen molar-refractivity contribution in [1.29, 1.82) is 0 Å². The number of thiazole rings is 1. The van der Waals surface area contributed by atoms with Crippen molar-refractivity contribution in [2.24, 2.45) is 5.92 Å². The van der Waals surface area contributed by atoms with Crippen molar-refractivity contribution in [3.8, 4) is 5.19 Å². The molecule has 1 aliphatic rings. The molecule has 1 N–H and O–H groups in total. The van der Waals surface area contributed by atoms with Gasteiger partial charge in [0.05, 0.1) is 19.3 Å². The Bertz CT molecular complexity index is 605. The SMILES string of the molecule is C=C1OC(Oc2ncc(NC(=O)OCCCC(C)CC)s2)CN1C(C)C. The van der Waals surface area contributed by atoms with Crippen molar-refractivity contribution in [2.75, 3.05) is 18.5 Å². The van der Waals surface area contributed by atoms with Crippen LogP contribution in [-0.2, 0) is 9.47 Å². The van der Waals surface area contributed by atoms with Gasteiger partial charge in [-0.2, -0.15) is 0 Å². The molecule has 0 aliphatic carbocycles. The molecule has 0 aromatic carbocycles. The molecular formula is C18H29N3O4S. The van der Waals surface area contributed by atoms with Crippen LogP contribution in [0.1, 0.15) is 47.0 Å². The van der Waals surface area contributed by atoms with E-state index in [9.17, 15) is 4.79 Å². The number of nitrogens with one attached hydrogen (secondary N) is 1. The monoisotopic (exact) mass is 383 g/mol. The van der Waals surface area contributed by atoms with Crippen molar-refractivity contribution >= 4 is 22.4 Å². The van der Waals surface area contributed by atoms with Gasteiger partial charge >= 0.3 is 6.09 Å². The first-order valence-electron chi connectivity index (χ1n) is 9.07. The van der Waals surface area contributed by atoms with Gasteiger partial charge in [-0.15, -0.1) is 0 Å². The normalized spacial score (nSPS) is 18.0. The van der Waals surface area contributed by atoms with Crippen LogP contribution in [0.3, 0.4) is 0 Å². The Balaban J connectivity index is 1.72. The molecule has 26 heavy (non-hydrogen) atoms. The second-order valence-electron chi connectivity index (χ2n) is 6.71. The molecule has 0 bridgehead atoms. The van der Waals surface area contributed by atoms with Crippen LogP contribution in [-0.4, -0.2) is 41.5 Å². The molecule has 1 saturated heterocycles. The average Bonchev–Trinajstić information content (AvgIpc) is 3.17. The van der Waals surface area contributed by atoms with Gasteiger partial charge < -0.3 is 19.1 Å². The van der Waals surface area contributed by atoms with E-state index in [-0.39, 0.29) is 0 Å². The van der Waals surface area contributed by atoms with Gasteiger partial charge in [0.2, 0.25) is 0 Å². The van der Waals surface area contributed by atoms with E-state index in [1.807, 2.05) is 4.90 Å². The molecule has 146 valence electrons. The first-order valence-corrected chi connectivity index (χ1v) is 9.89. The van der Waals surface area contributed by atoms with Gasteiger partial charge in [-0.25, -0.2) is 9.78 Å². The van der Waals surface area contributed by atoms with E-state index in [1.165, 1.54) is 11.3 Å². The van der Waals surface area contributed by atoms with Crippen molar-refractivity contribution in [1.82, 2.24) is 9.88 Å². The maximum atomic E-state index is 11.8. The summed E-state index contributed by atoms with van der Waals surface area (Å²) in [6.45, 7) is 13.4. The van der Waals surface area contributed by atoms with Crippen LogP contribution in [0.2, 0.25) is 0 Å². The van der Waals surface area contributed by atoms with Crippen LogP contribution in [0.5, 0.6) is 5.19 Å². The molecule has 7 nitrogen and oxygen atoms in total. The number of hydrogen-bond donors (Lipinski definition) is 1. The van der Waals surface area contributed by atoms with Gasteiger partial charge in [-0.1, -0.05) is 31.6 Å². The van der Waals surface area contributed by atoms with Crippen LogP contribution in [0.15, 0.2) is 18.7 Å². The summed E-state index contributed by atoms with van der Waals surface area (Å²) < 4.78 is 16.5.